The molecule has 0 spiro atoms. The van der Waals surface area contributed by atoms with Crippen molar-refractivity contribution in [3.05, 3.63) is 35.6 Å². The van der Waals surface area contributed by atoms with Crippen molar-refractivity contribution in [2.45, 2.75) is 32.4 Å². The summed E-state index contributed by atoms with van der Waals surface area (Å²) in [7, 11) is 2.05. The van der Waals surface area contributed by atoms with E-state index in [1.807, 2.05) is 6.07 Å². The summed E-state index contributed by atoms with van der Waals surface area (Å²) in [5, 5.41) is 3.41. The first kappa shape index (κ1) is 13.5. The third kappa shape index (κ3) is 3.30. The highest BCUT2D eigenvalue weighted by Gasteiger charge is 2.26. The zero-order chi connectivity index (χ0) is 13.0. The summed E-state index contributed by atoms with van der Waals surface area (Å²) in [5.41, 5.74) is 1.08. The first-order valence-corrected chi connectivity index (χ1v) is 6.87. The molecule has 0 amide bonds. The number of rotatable bonds is 4. The van der Waals surface area contributed by atoms with Crippen molar-refractivity contribution >= 4 is 0 Å². The van der Waals surface area contributed by atoms with Crippen LogP contribution >= 0.6 is 0 Å². The zero-order valence-corrected chi connectivity index (χ0v) is 11.3. The molecule has 0 bridgehead atoms. The molecule has 1 N–H and O–H groups in total. The van der Waals surface area contributed by atoms with Crippen molar-refractivity contribution in [3.8, 4) is 0 Å². The third-order valence-corrected chi connectivity index (χ3v) is 4.01. The lowest BCUT2D eigenvalue weighted by atomic mass is 9.90. The van der Waals surface area contributed by atoms with Gasteiger partial charge in [-0.05, 0) is 43.6 Å². The lowest BCUT2D eigenvalue weighted by Crippen LogP contribution is -2.47. The number of likely N-dealkylation sites (tertiary alicyclic amines) is 1. The SMILES string of the molecule is CCC1CN(Cc2cccc(F)c2)CCC1NC. The van der Waals surface area contributed by atoms with Gasteiger partial charge >= 0.3 is 0 Å². The first-order valence-electron chi connectivity index (χ1n) is 6.87. The second kappa shape index (κ2) is 6.30. The van der Waals surface area contributed by atoms with E-state index in [1.54, 1.807) is 12.1 Å². The molecule has 0 radical (unpaired) electrons. The van der Waals surface area contributed by atoms with Crippen LogP contribution in [-0.2, 0) is 6.54 Å². The van der Waals surface area contributed by atoms with E-state index in [0.717, 1.165) is 25.2 Å². The molecule has 0 aliphatic carbocycles. The van der Waals surface area contributed by atoms with E-state index in [2.05, 4.69) is 24.2 Å². The van der Waals surface area contributed by atoms with Gasteiger partial charge in [0.2, 0.25) is 0 Å². The third-order valence-electron chi connectivity index (χ3n) is 4.01. The van der Waals surface area contributed by atoms with Crippen molar-refractivity contribution in [1.29, 1.82) is 0 Å². The molecule has 2 unspecified atom stereocenters. The van der Waals surface area contributed by atoms with Crippen LogP contribution in [0.5, 0.6) is 0 Å². The summed E-state index contributed by atoms with van der Waals surface area (Å²) in [6.07, 6.45) is 2.38. The number of benzene rings is 1. The second-order valence-electron chi connectivity index (χ2n) is 5.22. The van der Waals surface area contributed by atoms with Gasteiger partial charge in [0.25, 0.3) is 0 Å². The van der Waals surface area contributed by atoms with Crippen LogP contribution in [0.3, 0.4) is 0 Å². The lowest BCUT2D eigenvalue weighted by Gasteiger charge is -2.38. The van der Waals surface area contributed by atoms with Gasteiger partial charge in [0.05, 0.1) is 0 Å². The van der Waals surface area contributed by atoms with Crippen molar-refractivity contribution in [1.82, 2.24) is 10.2 Å². The molecule has 100 valence electrons. The molecule has 0 saturated carbocycles. The number of hydrogen-bond acceptors (Lipinski definition) is 2. The Bertz CT molecular complexity index is 381. The number of nitrogens with one attached hydrogen (secondary N) is 1. The van der Waals surface area contributed by atoms with E-state index < -0.39 is 0 Å². The van der Waals surface area contributed by atoms with Crippen molar-refractivity contribution in [3.63, 3.8) is 0 Å². The Morgan fingerprint density at radius 2 is 2.28 bits per heavy atom. The highest BCUT2D eigenvalue weighted by molar-refractivity contribution is 5.16. The molecule has 2 rings (SSSR count). The van der Waals surface area contributed by atoms with Gasteiger partial charge in [-0.1, -0.05) is 25.5 Å². The molecular weight excluding hydrogens is 227 g/mol. The van der Waals surface area contributed by atoms with Gasteiger partial charge < -0.3 is 5.32 Å². The molecule has 3 heteroatoms. The van der Waals surface area contributed by atoms with E-state index in [0.29, 0.717) is 12.0 Å². The Balaban J connectivity index is 1.95. The summed E-state index contributed by atoms with van der Waals surface area (Å²) in [6.45, 7) is 5.32. The molecule has 1 fully saturated rings. The average Bonchev–Trinajstić information content (AvgIpc) is 2.38. The fraction of sp³-hybridized carbons (Fsp3) is 0.600. The first-order chi connectivity index (χ1) is 8.72. The second-order valence-corrected chi connectivity index (χ2v) is 5.22. The monoisotopic (exact) mass is 250 g/mol. The fourth-order valence-corrected chi connectivity index (χ4v) is 2.94. The lowest BCUT2D eigenvalue weighted by molar-refractivity contribution is 0.132. The number of nitrogens with zero attached hydrogens (tertiary/aromatic N) is 1. The molecule has 2 nitrogen and oxygen atoms in total. The van der Waals surface area contributed by atoms with Crippen LogP contribution in [0, 0.1) is 11.7 Å². The minimum absolute atomic E-state index is 0.135. The number of hydrogen-bond donors (Lipinski definition) is 1. The van der Waals surface area contributed by atoms with Crippen LogP contribution in [0.1, 0.15) is 25.3 Å². The van der Waals surface area contributed by atoms with E-state index >= 15 is 0 Å². The van der Waals surface area contributed by atoms with Crippen LogP contribution < -0.4 is 5.32 Å². The van der Waals surface area contributed by atoms with Crippen molar-refractivity contribution in [2.75, 3.05) is 20.1 Å². The molecule has 2 atom stereocenters. The zero-order valence-electron chi connectivity index (χ0n) is 11.3. The largest absolute Gasteiger partial charge is 0.317 e. The molecule has 1 aromatic carbocycles. The maximum Gasteiger partial charge on any atom is 0.123 e. The summed E-state index contributed by atoms with van der Waals surface area (Å²) in [5.74, 6) is 0.571. The average molecular weight is 250 g/mol. The normalized spacial score (nSPS) is 25.3. The standard InChI is InChI=1S/C15H23FN2/c1-3-13-11-18(8-7-15(13)17-2)10-12-5-4-6-14(16)9-12/h4-6,9,13,15,17H,3,7-8,10-11H2,1-2H3. The summed E-state index contributed by atoms with van der Waals surface area (Å²) >= 11 is 0. The molecule has 0 aromatic heterocycles. The molecular formula is C15H23FN2. The van der Waals surface area contributed by atoms with E-state index in [1.165, 1.54) is 18.9 Å². The van der Waals surface area contributed by atoms with Gasteiger partial charge in [0.15, 0.2) is 0 Å². The highest BCUT2D eigenvalue weighted by atomic mass is 19.1. The Labute approximate surface area is 109 Å². The van der Waals surface area contributed by atoms with E-state index in [9.17, 15) is 4.39 Å². The smallest absolute Gasteiger partial charge is 0.123 e. The Kier molecular flexibility index (Phi) is 4.72. The van der Waals surface area contributed by atoms with Crippen LogP contribution in [0.4, 0.5) is 4.39 Å². The molecule has 1 aromatic rings. The molecule has 1 heterocycles. The minimum Gasteiger partial charge on any atom is -0.317 e. The van der Waals surface area contributed by atoms with Gasteiger partial charge in [-0.25, -0.2) is 4.39 Å². The van der Waals surface area contributed by atoms with Gasteiger partial charge in [-0.15, -0.1) is 0 Å². The summed E-state index contributed by atoms with van der Waals surface area (Å²) in [6, 6.07) is 7.59. The number of halogens is 1. The summed E-state index contributed by atoms with van der Waals surface area (Å²) < 4.78 is 13.2. The molecule has 1 saturated heterocycles. The van der Waals surface area contributed by atoms with Crippen LogP contribution in [0.2, 0.25) is 0 Å². The maximum absolute atomic E-state index is 13.2. The minimum atomic E-state index is -0.135. The van der Waals surface area contributed by atoms with Gasteiger partial charge in [-0.3, -0.25) is 4.90 Å². The molecule has 18 heavy (non-hydrogen) atoms. The van der Waals surface area contributed by atoms with Crippen molar-refractivity contribution in [2.24, 2.45) is 5.92 Å². The van der Waals surface area contributed by atoms with Gasteiger partial charge in [0, 0.05) is 19.1 Å². The predicted molar refractivity (Wildman–Crippen MR) is 72.9 cm³/mol. The highest BCUT2D eigenvalue weighted by Crippen LogP contribution is 2.21. The maximum atomic E-state index is 13.2. The van der Waals surface area contributed by atoms with Crippen molar-refractivity contribution < 1.29 is 4.39 Å². The molecule has 1 aliphatic heterocycles. The topological polar surface area (TPSA) is 15.3 Å². The number of piperidine rings is 1. The van der Waals surface area contributed by atoms with Gasteiger partial charge in [-0.2, -0.15) is 0 Å². The Morgan fingerprint density at radius 3 is 2.94 bits per heavy atom. The van der Waals surface area contributed by atoms with Gasteiger partial charge in [0.1, 0.15) is 5.82 Å². The van der Waals surface area contributed by atoms with Crippen LogP contribution in [0.25, 0.3) is 0 Å². The van der Waals surface area contributed by atoms with Crippen LogP contribution in [0.15, 0.2) is 24.3 Å². The summed E-state index contributed by atoms with van der Waals surface area (Å²) in [4.78, 5) is 2.44. The Hall–Kier alpha value is -0.930. The Morgan fingerprint density at radius 1 is 1.44 bits per heavy atom. The quantitative estimate of drug-likeness (QED) is 0.883. The van der Waals surface area contributed by atoms with Crippen LogP contribution in [-0.4, -0.2) is 31.1 Å². The molecule has 1 aliphatic rings. The van der Waals surface area contributed by atoms with E-state index in [4.69, 9.17) is 0 Å². The van der Waals surface area contributed by atoms with E-state index in [-0.39, 0.29) is 5.82 Å². The fourth-order valence-electron chi connectivity index (χ4n) is 2.94. The predicted octanol–water partition coefficient (Wildman–Crippen LogP) is 2.65.